The molecule has 0 amide bonds. The summed E-state index contributed by atoms with van der Waals surface area (Å²) in [6, 6.07) is 16.6. The van der Waals surface area contributed by atoms with Crippen molar-refractivity contribution in [3.8, 4) is 0 Å². The lowest BCUT2D eigenvalue weighted by molar-refractivity contribution is -0.384. The Kier molecular flexibility index (Phi) is 5.84. The predicted octanol–water partition coefficient (Wildman–Crippen LogP) is 4.94. The van der Waals surface area contributed by atoms with Gasteiger partial charge in [-0.25, -0.2) is 8.42 Å². The van der Waals surface area contributed by atoms with Crippen molar-refractivity contribution in [2.75, 3.05) is 10.1 Å². The highest BCUT2D eigenvalue weighted by atomic mass is 32.2. The van der Waals surface area contributed by atoms with E-state index in [1.54, 1.807) is 25.3 Å². The van der Waals surface area contributed by atoms with Crippen LogP contribution >= 0.6 is 0 Å². The average molecular weight is 464 g/mol. The van der Waals surface area contributed by atoms with E-state index in [9.17, 15) is 18.5 Å². The van der Waals surface area contributed by atoms with E-state index < -0.39 is 20.6 Å². The van der Waals surface area contributed by atoms with Gasteiger partial charge in [0.25, 0.3) is 15.7 Å². The number of hydrogen-bond acceptors (Lipinski definition) is 6. The number of fused-ring (bicyclic) bond motifs is 1. The van der Waals surface area contributed by atoms with Crippen LogP contribution in [0.3, 0.4) is 0 Å². The summed E-state index contributed by atoms with van der Waals surface area (Å²) < 4.78 is 28.2. The van der Waals surface area contributed by atoms with Crippen LogP contribution < -0.4 is 10.1 Å². The van der Waals surface area contributed by atoms with Crippen LogP contribution in [0.5, 0.6) is 0 Å². The Balaban J connectivity index is 1.59. The van der Waals surface area contributed by atoms with Gasteiger partial charge in [0.2, 0.25) is 0 Å². The second kappa shape index (κ2) is 8.75. The standard InChI is InChI=1S/C23H21N5O4S/c1-15-7-9-20(16(2)11-15)27-33(31,32)18-8-10-22(23(12-18)28(29)30)26-25-14-17-13-24-21-6-4-3-5-19(17)21/h3-14,24,26-27H,1-2H3/b25-14-. The van der Waals surface area contributed by atoms with E-state index in [2.05, 4.69) is 20.2 Å². The van der Waals surface area contributed by atoms with Gasteiger partial charge in [0.05, 0.1) is 21.7 Å². The summed E-state index contributed by atoms with van der Waals surface area (Å²) in [4.78, 5) is 13.9. The van der Waals surface area contributed by atoms with Crippen molar-refractivity contribution in [3.05, 3.63) is 93.7 Å². The van der Waals surface area contributed by atoms with Crippen molar-refractivity contribution in [3.63, 3.8) is 0 Å². The highest BCUT2D eigenvalue weighted by Gasteiger charge is 2.22. The number of aryl methyl sites for hydroxylation is 2. The monoisotopic (exact) mass is 463 g/mol. The second-order valence-electron chi connectivity index (χ2n) is 7.52. The number of aromatic nitrogens is 1. The van der Waals surface area contributed by atoms with Gasteiger partial charge < -0.3 is 4.98 Å². The molecule has 4 aromatic rings. The molecule has 1 heterocycles. The molecule has 0 atom stereocenters. The Morgan fingerprint density at radius 1 is 1.03 bits per heavy atom. The van der Waals surface area contributed by atoms with E-state index in [1.807, 2.05) is 37.3 Å². The summed E-state index contributed by atoms with van der Waals surface area (Å²) in [5, 5.41) is 16.7. The van der Waals surface area contributed by atoms with Gasteiger partial charge in [-0.3, -0.25) is 20.3 Å². The first-order valence-corrected chi connectivity index (χ1v) is 11.5. The largest absolute Gasteiger partial charge is 0.361 e. The van der Waals surface area contributed by atoms with Crippen LogP contribution in [0.1, 0.15) is 16.7 Å². The first kappa shape index (κ1) is 22.0. The normalized spacial score (nSPS) is 11.7. The molecule has 0 radical (unpaired) electrons. The predicted molar refractivity (Wildman–Crippen MR) is 129 cm³/mol. The Morgan fingerprint density at radius 2 is 1.79 bits per heavy atom. The van der Waals surface area contributed by atoms with E-state index in [0.29, 0.717) is 5.69 Å². The molecule has 0 aliphatic carbocycles. The zero-order chi connectivity index (χ0) is 23.6. The van der Waals surface area contributed by atoms with E-state index in [-0.39, 0.29) is 10.6 Å². The molecule has 0 saturated carbocycles. The van der Waals surface area contributed by atoms with E-state index >= 15 is 0 Å². The van der Waals surface area contributed by atoms with E-state index in [4.69, 9.17) is 0 Å². The van der Waals surface area contributed by atoms with Crippen LogP contribution in [0.25, 0.3) is 10.9 Å². The van der Waals surface area contributed by atoms with Gasteiger partial charge in [0.15, 0.2) is 0 Å². The topological polar surface area (TPSA) is 129 Å². The molecule has 4 rings (SSSR count). The number of nitrogens with zero attached hydrogens (tertiary/aromatic N) is 2. The molecule has 3 aromatic carbocycles. The average Bonchev–Trinajstić information content (AvgIpc) is 3.19. The number of hydrogen-bond donors (Lipinski definition) is 3. The summed E-state index contributed by atoms with van der Waals surface area (Å²) in [7, 11) is -4.03. The van der Waals surface area contributed by atoms with Crippen molar-refractivity contribution in [2.45, 2.75) is 18.7 Å². The number of para-hydroxylation sites is 1. The highest BCUT2D eigenvalue weighted by molar-refractivity contribution is 7.92. The number of hydrazone groups is 1. The summed E-state index contributed by atoms with van der Waals surface area (Å²) >= 11 is 0. The molecule has 168 valence electrons. The number of H-pyrrole nitrogens is 1. The number of anilines is 2. The lowest BCUT2D eigenvalue weighted by atomic mass is 10.1. The van der Waals surface area contributed by atoms with Gasteiger partial charge in [-0.05, 0) is 43.7 Å². The summed E-state index contributed by atoms with van der Waals surface area (Å²) in [6.07, 6.45) is 3.31. The SMILES string of the molecule is Cc1ccc(NS(=O)(=O)c2ccc(N/N=C\c3c[nH]c4ccccc34)c([N+](=O)[O-])c2)c(C)c1. The number of nitrogens with one attached hydrogen (secondary N) is 3. The Bertz CT molecular complexity index is 1490. The minimum Gasteiger partial charge on any atom is -0.361 e. The van der Waals surface area contributed by atoms with Crippen LogP contribution in [0.4, 0.5) is 17.1 Å². The van der Waals surface area contributed by atoms with Crippen molar-refractivity contribution < 1.29 is 13.3 Å². The molecular formula is C23H21N5O4S. The summed E-state index contributed by atoms with van der Waals surface area (Å²) in [5.74, 6) is 0. The molecule has 0 unspecified atom stereocenters. The number of benzene rings is 3. The first-order chi connectivity index (χ1) is 15.7. The maximum absolute atomic E-state index is 12.8. The fourth-order valence-corrected chi connectivity index (χ4v) is 4.58. The molecule has 0 aliphatic rings. The van der Waals surface area contributed by atoms with Crippen LogP contribution in [-0.4, -0.2) is 24.5 Å². The number of sulfonamides is 1. The summed E-state index contributed by atoms with van der Waals surface area (Å²) in [5.41, 5.74) is 6.20. The third-order valence-electron chi connectivity index (χ3n) is 5.11. The number of nitro groups is 1. The number of aromatic amines is 1. The molecule has 33 heavy (non-hydrogen) atoms. The molecular weight excluding hydrogens is 442 g/mol. The minimum absolute atomic E-state index is 0.0709. The van der Waals surface area contributed by atoms with Crippen LogP contribution in [0, 0.1) is 24.0 Å². The molecule has 0 bridgehead atoms. The molecule has 1 aromatic heterocycles. The highest BCUT2D eigenvalue weighted by Crippen LogP contribution is 2.29. The number of rotatable bonds is 7. The van der Waals surface area contributed by atoms with Gasteiger partial charge in [-0.2, -0.15) is 5.10 Å². The Morgan fingerprint density at radius 3 is 2.55 bits per heavy atom. The van der Waals surface area contributed by atoms with Gasteiger partial charge in [0.1, 0.15) is 5.69 Å². The maximum atomic E-state index is 12.8. The smallest absolute Gasteiger partial charge is 0.295 e. The lowest BCUT2D eigenvalue weighted by Gasteiger charge is -2.12. The Labute approximate surface area is 190 Å². The number of nitro benzene ring substituents is 1. The third-order valence-corrected chi connectivity index (χ3v) is 6.48. The van der Waals surface area contributed by atoms with E-state index in [0.717, 1.165) is 33.7 Å². The molecule has 0 aliphatic heterocycles. The minimum atomic E-state index is -4.03. The van der Waals surface area contributed by atoms with Gasteiger partial charge in [-0.15, -0.1) is 0 Å². The second-order valence-corrected chi connectivity index (χ2v) is 9.20. The fraction of sp³-hybridized carbons (Fsp3) is 0.0870. The van der Waals surface area contributed by atoms with Gasteiger partial charge >= 0.3 is 0 Å². The third kappa shape index (κ3) is 4.70. The van der Waals surface area contributed by atoms with Gasteiger partial charge in [0, 0.05) is 28.7 Å². The van der Waals surface area contributed by atoms with Crippen molar-refractivity contribution in [1.29, 1.82) is 0 Å². The van der Waals surface area contributed by atoms with Gasteiger partial charge in [-0.1, -0.05) is 35.9 Å². The molecule has 10 heteroatoms. The molecule has 0 spiro atoms. The Hall–Kier alpha value is -4.18. The zero-order valence-electron chi connectivity index (χ0n) is 17.9. The van der Waals surface area contributed by atoms with Crippen LogP contribution in [-0.2, 0) is 10.0 Å². The molecule has 0 fully saturated rings. The lowest BCUT2D eigenvalue weighted by Crippen LogP contribution is -2.14. The summed E-state index contributed by atoms with van der Waals surface area (Å²) in [6.45, 7) is 3.69. The molecule has 3 N–H and O–H groups in total. The first-order valence-electron chi connectivity index (χ1n) is 9.98. The maximum Gasteiger partial charge on any atom is 0.295 e. The van der Waals surface area contributed by atoms with Crippen molar-refractivity contribution in [2.24, 2.45) is 5.10 Å². The van der Waals surface area contributed by atoms with Crippen molar-refractivity contribution >= 4 is 44.2 Å². The molecule has 0 saturated heterocycles. The quantitative estimate of drug-likeness (QED) is 0.203. The molecule has 9 nitrogen and oxygen atoms in total. The fourth-order valence-electron chi connectivity index (χ4n) is 3.43. The van der Waals surface area contributed by atoms with Crippen LogP contribution in [0.15, 0.2) is 76.9 Å². The van der Waals surface area contributed by atoms with Crippen LogP contribution in [0.2, 0.25) is 0 Å². The zero-order valence-corrected chi connectivity index (χ0v) is 18.7. The van der Waals surface area contributed by atoms with E-state index in [1.165, 1.54) is 18.3 Å². The van der Waals surface area contributed by atoms with Crippen molar-refractivity contribution in [1.82, 2.24) is 4.98 Å².